The van der Waals surface area contributed by atoms with Crippen molar-refractivity contribution in [1.82, 2.24) is 15.3 Å². The second-order valence-corrected chi connectivity index (χ2v) is 8.45. The minimum Gasteiger partial charge on any atom is -0.487 e. The second-order valence-electron chi connectivity index (χ2n) is 8.45. The van der Waals surface area contributed by atoms with E-state index in [4.69, 9.17) is 4.74 Å². The van der Waals surface area contributed by atoms with Crippen molar-refractivity contribution in [2.45, 2.75) is 57.5 Å². The Bertz CT molecular complexity index is 974. The molecule has 6 heteroatoms. The molecular formula is C23H27N3O3. The molecule has 29 heavy (non-hydrogen) atoms. The number of aliphatic hydroxyl groups excluding tert-OH is 2. The Morgan fingerprint density at radius 1 is 1.14 bits per heavy atom. The summed E-state index contributed by atoms with van der Waals surface area (Å²) in [6.07, 6.45) is 3.08. The molecule has 3 N–H and O–H groups in total. The second kappa shape index (κ2) is 7.20. The van der Waals surface area contributed by atoms with Gasteiger partial charge in [-0.1, -0.05) is 18.2 Å². The molecule has 1 saturated carbocycles. The van der Waals surface area contributed by atoms with Crippen LogP contribution in [-0.2, 0) is 13.0 Å². The number of aliphatic hydroxyl groups is 2. The molecule has 1 aromatic carbocycles. The minimum absolute atomic E-state index is 0.0312. The molecular weight excluding hydrogens is 366 g/mol. The highest BCUT2D eigenvalue weighted by molar-refractivity contribution is 5.73. The number of benzene rings is 1. The predicted octanol–water partition coefficient (Wildman–Crippen LogP) is 2.12. The predicted molar refractivity (Wildman–Crippen MR) is 110 cm³/mol. The summed E-state index contributed by atoms with van der Waals surface area (Å²) >= 11 is 0. The van der Waals surface area contributed by atoms with Crippen molar-refractivity contribution in [3.63, 3.8) is 0 Å². The standard InChI is InChI=1S/C23H27N3O3/c1-12-8-15(21-20(12)13(2)25-11-26-21)16-9-19(23(28)22(16)27)29-18-5-3-4-14-6-7-24-10-17(14)18/h3-5,8,11,15-16,19,22-24,27-28H,6-7,9-10H2,1-2H3. The highest BCUT2D eigenvalue weighted by atomic mass is 16.5. The molecule has 5 rings (SSSR count). The fourth-order valence-corrected chi connectivity index (χ4v) is 5.24. The summed E-state index contributed by atoms with van der Waals surface area (Å²) in [5.74, 6) is 0.637. The van der Waals surface area contributed by atoms with Gasteiger partial charge in [-0.3, -0.25) is 0 Å². The van der Waals surface area contributed by atoms with Crippen molar-refractivity contribution in [2.24, 2.45) is 5.92 Å². The lowest BCUT2D eigenvalue weighted by Gasteiger charge is -2.24. The third-order valence-electron chi connectivity index (χ3n) is 6.72. The van der Waals surface area contributed by atoms with E-state index >= 15 is 0 Å². The van der Waals surface area contributed by atoms with Crippen LogP contribution in [0, 0.1) is 12.8 Å². The third kappa shape index (κ3) is 3.06. The molecule has 5 atom stereocenters. The van der Waals surface area contributed by atoms with Gasteiger partial charge < -0.3 is 20.3 Å². The van der Waals surface area contributed by atoms with Crippen LogP contribution in [0.1, 0.15) is 47.3 Å². The largest absolute Gasteiger partial charge is 0.487 e. The van der Waals surface area contributed by atoms with Crippen LogP contribution >= 0.6 is 0 Å². The van der Waals surface area contributed by atoms with Crippen LogP contribution in [0.2, 0.25) is 0 Å². The van der Waals surface area contributed by atoms with E-state index < -0.39 is 18.3 Å². The summed E-state index contributed by atoms with van der Waals surface area (Å²) in [6, 6.07) is 6.11. The van der Waals surface area contributed by atoms with Gasteiger partial charge in [0.25, 0.3) is 0 Å². The molecule has 3 aliphatic rings. The lowest BCUT2D eigenvalue weighted by Crippen LogP contribution is -2.35. The first-order chi connectivity index (χ1) is 14.0. The van der Waals surface area contributed by atoms with Crippen LogP contribution in [-0.4, -0.2) is 45.0 Å². The van der Waals surface area contributed by atoms with Crippen LogP contribution in [0.15, 0.2) is 30.6 Å². The van der Waals surface area contributed by atoms with Crippen molar-refractivity contribution < 1.29 is 14.9 Å². The number of fused-ring (bicyclic) bond motifs is 2. The number of nitrogens with zero attached hydrogens (tertiary/aromatic N) is 2. The van der Waals surface area contributed by atoms with Crippen LogP contribution in [0.25, 0.3) is 5.57 Å². The Morgan fingerprint density at radius 3 is 2.86 bits per heavy atom. The Kier molecular flexibility index (Phi) is 4.65. The van der Waals surface area contributed by atoms with E-state index in [-0.39, 0.29) is 11.8 Å². The highest BCUT2D eigenvalue weighted by Crippen LogP contribution is 2.46. The molecule has 0 radical (unpaired) electrons. The molecule has 1 fully saturated rings. The molecule has 0 saturated heterocycles. The summed E-state index contributed by atoms with van der Waals surface area (Å²) < 4.78 is 6.28. The molecule has 6 nitrogen and oxygen atoms in total. The Labute approximate surface area is 170 Å². The molecule has 0 spiro atoms. The zero-order chi connectivity index (χ0) is 20.1. The van der Waals surface area contributed by atoms with Gasteiger partial charge in [0.2, 0.25) is 0 Å². The Balaban J connectivity index is 1.41. The van der Waals surface area contributed by atoms with Crippen molar-refractivity contribution in [3.8, 4) is 5.75 Å². The molecule has 2 aliphatic carbocycles. The number of ether oxygens (including phenoxy) is 1. The number of rotatable bonds is 3. The van der Waals surface area contributed by atoms with Crippen molar-refractivity contribution in [2.75, 3.05) is 6.54 Å². The van der Waals surface area contributed by atoms with Crippen molar-refractivity contribution in [3.05, 3.63) is 58.7 Å². The third-order valence-corrected chi connectivity index (χ3v) is 6.72. The van der Waals surface area contributed by atoms with Gasteiger partial charge in [0.15, 0.2) is 0 Å². The van der Waals surface area contributed by atoms with E-state index in [9.17, 15) is 10.2 Å². The van der Waals surface area contributed by atoms with Gasteiger partial charge in [0.05, 0.1) is 11.8 Å². The van der Waals surface area contributed by atoms with E-state index in [0.717, 1.165) is 53.3 Å². The summed E-state index contributed by atoms with van der Waals surface area (Å²) in [7, 11) is 0. The number of nitrogens with one attached hydrogen (secondary N) is 1. The summed E-state index contributed by atoms with van der Waals surface area (Å²) in [5.41, 5.74) is 6.57. The first-order valence-electron chi connectivity index (χ1n) is 10.4. The van der Waals surface area contributed by atoms with Crippen LogP contribution < -0.4 is 10.1 Å². The topological polar surface area (TPSA) is 87.5 Å². The fraction of sp³-hybridized carbons (Fsp3) is 0.478. The summed E-state index contributed by atoms with van der Waals surface area (Å²) in [4.78, 5) is 8.83. The Morgan fingerprint density at radius 2 is 2.00 bits per heavy atom. The molecule has 0 bridgehead atoms. The normalized spacial score (nSPS) is 30.6. The summed E-state index contributed by atoms with van der Waals surface area (Å²) in [6.45, 7) is 5.79. The first kappa shape index (κ1) is 18.7. The number of hydrogen-bond acceptors (Lipinski definition) is 6. The molecule has 152 valence electrons. The monoisotopic (exact) mass is 393 g/mol. The van der Waals surface area contributed by atoms with E-state index in [2.05, 4.69) is 34.4 Å². The number of aromatic nitrogens is 2. The maximum absolute atomic E-state index is 10.9. The molecule has 2 aromatic rings. The number of hydrogen-bond donors (Lipinski definition) is 3. The molecule has 1 aliphatic heterocycles. The minimum atomic E-state index is -0.923. The van der Waals surface area contributed by atoms with Gasteiger partial charge in [0.1, 0.15) is 24.3 Å². The lowest BCUT2D eigenvalue weighted by molar-refractivity contribution is -0.0196. The SMILES string of the molecule is CC1=CC(C2CC(Oc3cccc4c3CNCC4)C(O)C2O)c2ncnc(C)c21. The van der Waals surface area contributed by atoms with Gasteiger partial charge >= 0.3 is 0 Å². The first-order valence-corrected chi connectivity index (χ1v) is 10.4. The van der Waals surface area contributed by atoms with Crippen LogP contribution in [0.3, 0.4) is 0 Å². The fourth-order valence-electron chi connectivity index (χ4n) is 5.24. The Hall–Kier alpha value is -2.28. The smallest absolute Gasteiger partial charge is 0.127 e. The van der Waals surface area contributed by atoms with Gasteiger partial charge in [-0.05, 0) is 50.4 Å². The molecule has 2 heterocycles. The van der Waals surface area contributed by atoms with Gasteiger partial charge in [-0.2, -0.15) is 0 Å². The lowest BCUT2D eigenvalue weighted by atomic mass is 9.87. The van der Waals surface area contributed by atoms with E-state index in [1.807, 2.05) is 19.1 Å². The zero-order valence-electron chi connectivity index (χ0n) is 16.8. The van der Waals surface area contributed by atoms with Crippen LogP contribution in [0.4, 0.5) is 0 Å². The summed E-state index contributed by atoms with van der Waals surface area (Å²) in [5, 5.41) is 25.0. The van der Waals surface area contributed by atoms with Gasteiger partial charge in [-0.15, -0.1) is 0 Å². The average molecular weight is 393 g/mol. The van der Waals surface area contributed by atoms with Crippen molar-refractivity contribution in [1.29, 1.82) is 0 Å². The van der Waals surface area contributed by atoms with E-state index in [0.29, 0.717) is 6.42 Å². The molecule has 5 unspecified atom stereocenters. The van der Waals surface area contributed by atoms with Crippen LogP contribution in [0.5, 0.6) is 5.75 Å². The van der Waals surface area contributed by atoms with E-state index in [1.54, 1.807) is 6.33 Å². The van der Waals surface area contributed by atoms with Gasteiger partial charge in [-0.25, -0.2) is 9.97 Å². The zero-order valence-corrected chi connectivity index (χ0v) is 16.8. The maximum atomic E-state index is 10.9. The number of aryl methyl sites for hydroxylation is 1. The number of allylic oxidation sites excluding steroid dienone is 2. The average Bonchev–Trinajstić information content (AvgIpc) is 3.20. The molecule has 0 amide bonds. The quantitative estimate of drug-likeness (QED) is 0.741. The maximum Gasteiger partial charge on any atom is 0.127 e. The van der Waals surface area contributed by atoms with E-state index in [1.165, 1.54) is 5.56 Å². The molecule has 1 aromatic heterocycles. The van der Waals surface area contributed by atoms with Crippen molar-refractivity contribution >= 4 is 5.57 Å². The highest BCUT2D eigenvalue weighted by Gasteiger charge is 2.48. The van der Waals surface area contributed by atoms with Gasteiger partial charge in [0, 0.05) is 35.2 Å².